The largest absolute Gasteiger partial charge is 0.459 e. The van der Waals surface area contributed by atoms with Gasteiger partial charge in [-0.15, -0.1) is 0 Å². The smallest absolute Gasteiger partial charge is 0.289 e. The van der Waals surface area contributed by atoms with Crippen LogP contribution in [0.5, 0.6) is 0 Å². The van der Waals surface area contributed by atoms with Gasteiger partial charge in [-0.25, -0.2) is 9.97 Å². The van der Waals surface area contributed by atoms with Crippen LogP contribution in [0, 0.1) is 0 Å². The number of amides is 2. The summed E-state index contributed by atoms with van der Waals surface area (Å²) in [5, 5.41) is 0. The molecule has 0 bridgehead atoms. The summed E-state index contributed by atoms with van der Waals surface area (Å²) < 4.78 is 5.22. The molecule has 0 unspecified atom stereocenters. The van der Waals surface area contributed by atoms with Crippen LogP contribution >= 0.6 is 0 Å². The van der Waals surface area contributed by atoms with E-state index >= 15 is 0 Å². The van der Waals surface area contributed by atoms with Crippen molar-refractivity contribution in [1.29, 1.82) is 0 Å². The summed E-state index contributed by atoms with van der Waals surface area (Å²) in [5.74, 6) is 0.649. The molecule has 170 valence electrons. The zero-order valence-electron chi connectivity index (χ0n) is 18.4. The summed E-state index contributed by atoms with van der Waals surface area (Å²) in [7, 11) is 0. The van der Waals surface area contributed by atoms with Gasteiger partial charge >= 0.3 is 0 Å². The van der Waals surface area contributed by atoms with Crippen molar-refractivity contribution in [2.24, 2.45) is 0 Å². The van der Waals surface area contributed by atoms with Crippen molar-refractivity contribution in [3.63, 3.8) is 0 Å². The van der Waals surface area contributed by atoms with E-state index in [-0.39, 0.29) is 11.8 Å². The number of anilines is 1. The predicted octanol–water partition coefficient (Wildman–Crippen LogP) is 2.72. The summed E-state index contributed by atoms with van der Waals surface area (Å²) in [6, 6.07) is 8.93. The molecule has 2 fully saturated rings. The predicted molar refractivity (Wildman–Crippen MR) is 122 cm³/mol. The lowest BCUT2D eigenvalue weighted by Gasteiger charge is -2.34. The molecule has 0 saturated carbocycles. The maximum atomic E-state index is 13.5. The zero-order valence-corrected chi connectivity index (χ0v) is 18.4. The molecular formula is C24H26N6O3. The molecule has 2 amide bonds. The molecule has 2 saturated heterocycles. The van der Waals surface area contributed by atoms with E-state index in [2.05, 4.69) is 14.9 Å². The highest BCUT2D eigenvalue weighted by Crippen LogP contribution is 2.25. The van der Waals surface area contributed by atoms with Crippen molar-refractivity contribution in [3.05, 3.63) is 60.3 Å². The number of piperazine rings is 1. The lowest BCUT2D eigenvalue weighted by molar-refractivity contribution is 0.0518. The monoisotopic (exact) mass is 446 g/mol. The van der Waals surface area contributed by atoms with Gasteiger partial charge in [-0.1, -0.05) is 6.07 Å². The Balaban J connectivity index is 1.37. The molecular weight excluding hydrogens is 420 g/mol. The Hall–Kier alpha value is -3.75. The summed E-state index contributed by atoms with van der Waals surface area (Å²) in [4.78, 5) is 45.4. The Kier molecular flexibility index (Phi) is 6.01. The van der Waals surface area contributed by atoms with Gasteiger partial charge in [0.15, 0.2) is 5.76 Å². The quantitative estimate of drug-likeness (QED) is 0.608. The lowest BCUT2D eigenvalue weighted by atomic mass is 10.1. The number of nitrogens with zero attached hydrogens (tertiary/aromatic N) is 6. The maximum Gasteiger partial charge on any atom is 0.289 e. The highest BCUT2D eigenvalue weighted by molar-refractivity contribution is 5.99. The van der Waals surface area contributed by atoms with Crippen molar-refractivity contribution < 1.29 is 14.0 Å². The molecule has 0 aliphatic carbocycles. The first-order valence-electron chi connectivity index (χ1n) is 11.4. The molecule has 0 radical (unpaired) electrons. The highest BCUT2D eigenvalue weighted by Gasteiger charge is 2.29. The van der Waals surface area contributed by atoms with Gasteiger partial charge in [-0.2, -0.15) is 0 Å². The number of carbonyl (C=O) groups is 2. The number of furan rings is 1. The van der Waals surface area contributed by atoms with E-state index in [4.69, 9.17) is 9.40 Å². The normalized spacial score (nSPS) is 16.7. The first-order valence-corrected chi connectivity index (χ1v) is 11.4. The Labute approximate surface area is 192 Å². The standard InChI is InChI=1S/C24H26N6O3/c31-22(28-12-14-29(15-13-28)23(32)20-8-6-16-33-20)18-17-26-24(30-10-4-1-5-11-30)27-21(18)19-7-2-3-9-25-19/h2-3,6-9,16-17H,1,4-5,10-15H2. The number of hydrogen-bond donors (Lipinski definition) is 0. The van der Waals surface area contributed by atoms with E-state index in [0.29, 0.717) is 54.8 Å². The number of piperidine rings is 1. The van der Waals surface area contributed by atoms with Gasteiger partial charge in [-0.05, 0) is 43.5 Å². The number of hydrogen-bond acceptors (Lipinski definition) is 7. The first kappa shape index (κ1) is 21.1. The maximum absolute atomic E-state index is 13.5. The Morgan fingerprint density at radius 2 is 1.58 bits per heavy atom. The molecule has 2 aliphatic heterocycles. The Morgan fingerprint density at radius 1 is 0.818 bits per heavy atom. The van der Waals surface area contributed by atoms with Crippen LogP contribution < -0.4 is 4.90 Å². The number of pyridine rings is 1. The van der Waals surface area contributed by atoms with Gasteiger partial charge in [0.1, 0.15) is 5.69 Å². The van der Waals surface area contributed by atoms with Crippen molar-refractivity contribution in [2.45, 2.75) is 19.3 Å². The molecule has 0 aromatic carbocycles. The number of carbonyl (C=O) groups excluding carboxylic acids is 2. The lowest BCUT2D eigenvalue weighted by Crippen LogP contribution is -2.50. The molecule has 0 spiro atoms. The van der Waals surface area contributed by atoms with Crippen molar-refractivity contribution in [1.82, 2.24) is 24.8 Å². The number of aromatic nitrogens is 3. The molecule has 0 atom stereocenters. The van der Waals surface area contributed by atoms with Crippen LogP contribution in [0.2, 0.25) is 0 Å². The van der Waals surface area contributed by atoms with Crippen LogP contribution in [0.25, 0.3) is 11.4 Å². The third kappa shape index (κ3) is 4.44. The average Bonchev–Trinajstić information content (AvgIpc) is 3.44. The zero-order chi connectivity index (χ0) is 22.6. The second-order valence-electron chi connectivity index (χ2n) is 8.26. The van der Waals surface area contributed by atoms with Gasteiger partial charge in [0, 0.05) is 51.7 Å². The fourth-order valence-corrected chi connectivity index (χ4v) is 4.31. The molecule has 33 heavy (non-hydrogen) atoms. The second-order valence-corrected chi connectivity index (χ2v) is 8.26. The van der Waals surface area contributed by atoms with E-state index < -0.39 is 0 Å². The SMILES string of the molecule is O=C(c1ccco1)N1CCN(C(=O)c2cnc(N3CCCCC3)nc2-c2ccccn2)CC1. The van der Waals surface area contributed by atoms with Gasteiger partial charge in [-0.3, -0.25) is 14.6 Å². The van der Waals surface area contributed by atoms with Crippen LogP contribution in [0.1, 0.15) is 40.2 Å². The molecule has 9 heteroatoms. The van der Waals surface area contributed by atoms with E-state index in [9.17, 15) is 9.59 Å². The van der Waals surface area contributed by atoms with E-state index in [1.165, 1.54) is 12.7 Å². The number of rotatable bonds is 4. The van der Waals surface area contributed by atoms with Crippen LogP contribution in [-0.2, 0) is 0 Å². The third-order valence-corrected chi connectivity index (χ3v) is 6.14. The topological polar surface area (TPSA) is 95.7 Å². The highest BCUT2D eigenvalue weighted by atomic mass is 16.3. The van der Waals surface area contributed by atoms with Gasteiger partial charge < -0.3 is 19.1 Å². The molecule has 5 heterocycles. The average molecular weight is 447 g/mol. The summed E-state index contributed by atoms with van der Waals surface area (Å²) in [6.07, 6.45) is 8.26. The summed E-state index contributed by atoms with van der Waals surface area (Å²) in [5.41, 5.74) is 1.62. The van der Waals surface area contributed by atoms with Crippen molar-refractivity contribution >= 4 is 17.8 Å². The Bertz CT molecular complexity index is 1100. The molecule has 3 aromatic rings. The molecule has 3 aromatic heterocycles. The minimum Gasteiger partial charge on any atom is -0.459 e. The molecule has 9 nitrogen and oxygen atoms in total. The van der Waals surface area contributed by atoms with Gasteiger partial charge in [0.25, 0.3) is 11.8 Å². The van der Waals surface area contributed by atoms with Crippen LogP contribution in [0.3, 0.4) is 0 Å². The van der Waals surface area contributed by atoms with Gasteiger partial charge in [0.2, 0.25) is 5.95 Å². The van der Waals surface area contributed by atoms with E-state index in [0.717, 1.165) is 25.9 Å². The van der Waals surface area contributed by atoms with Crippen molar-refractivity contribution in [3.8, 4) is 11.4 Å². The van der Waals surface area contributed by atoms with Crippen LogP contribution in [0.15, 0.2) is 53.4 Å². The molecule has 5 rings (SSSR count). The van der Waals surface area contributed by atoms with Crippen LogP contribution in [-0.4, -0.2) is 75.8 Å². The third-order valence-electron chi connectivity index (χ3n) is 6.14. The van der Waals surface area contributed by atoms with E-state index in [1.54, 1.807) is 34.3 Å². The molecule has 0 N–H and O–H groups in total. The van der Waals surface area contributed by atoms with Crippen molar-refractivity contribution in [2.75, 3.05) is 44.2 Å². The van der Waals surface area contributed by atoms with Crippen LogP contribution in [0.4, 0.5) is 5.95 Å². The minimum atomic E-state index is -0.157. The summed E-state index contributed by atoms with van der Waals surface area (Å²) >= 11 is 0. The second kappa shape index (κ2) is 9.40. The fourth-order valence-electron chi connectivity index (χ4n) is 4.31. The minimum absolute atomic E-state index is 0.147. The first-order chi connectivity index (χ1) is 16.2. The van der Waals surface area contributed by atoms with Gasteiger partial charge in [0.05, 0.1) is 17.5 Å². The Morgan fingerprint density at radius 3 is 2.24 bits per heavy atom. The van der Waals surface area contributed by atoms with E-state index in [1.807, 2.05) is 18.2 Å². The summed E-state index contributed by atoms with van der Waals surface area (Å²) in [6.45, 7) is 3.58. The fraction of sp³-hybridized carbons (Fsp3) is 0.375. The molecule has 2 aliphatic rings.